The fourth-order valence-corrected chi connectivity index (χ4v) is 2.32. The molecule has 1 aliphatic rings. The Balaban J connectivity index is 2.12. The zero-order valence-electron chi connectivity index (χ0n) is 11.9. The lowest BCUT2D eigenvalue weighted by molar-refractivity contribution is -0.150. The highest BCUT2D eigenvalue weighted by atomic mass is 16.5. The van der Waals surface area contributed by atoms with E-state index in [1.54, 1.807) is 19.1 Å². The third kappa shape index (κ3) is 3.46. The van der Waals surface area contributed by atoms with Crippen molar-refractivity contribution in [3.63, 3.8) is 0 Å². The van der Waals surface area contributed by atoms with Crippen molar-refractivity contribution in [1.29, 1.82) is 0 Å². The van der Waals surface area contributed by atoms with Gasteiger partial charge in [0.15, 0.2) is 0 Å². The molecule has 0 radical (unpaired) electrons. The molecule has 20 heavy (non-hydrogen) atoms. The molecule has 110 valence electrons. The van der Waals surface area contributed by atoms with Crippen molar-refractivity contribution in [2.45, 2.75) is 26.4 Å². The smallest absolute Gasteiger partial charge is 0.324 e. The van der Waals surface area contributed by atoms with Crippen LogP contribution in [0.4, 0.5) is 0 Å². The average Bonchev–Trinajstić information content (AvgIpc) is 2.44. The van der Waals surface area contributed by atoms with E-state index in [0.29, 0.717) is 25.4 Å². The van der Waals surface area contributed by atoms with Gasteiger partial charge in [-0.25, -0.2) is 0 Å². The summed E-state index contributed by atoms with van der Waals surface area (Å²) in [5.74, 6) is -0.0661. The van der Waals surface area contributed by atoms with Crippen molar-refractivity contribution in [3.8, 4) is 5.75 Å². The zero-order chi connectivity index (χ0) is 14.5. The second-order valence-electron chi connectivity index (χ2n) is 4.86. The number of rotatable bonds is 4. The van der Waals surface area contributed by atoms with Crippen LogP contribution in [0, 0.1) is 6.92 Å². The van der Waals surface area contributed by atoms with Crippen LogP contribution in [0.2, 0.25) is 0 Å². The lowest BCUT2D eigenvalue weighted by Crippen LogP contribution is -2.55. The maximum Gasteiger partial charge on any atom is 0.324 e. The predicted molar refractivity (Wildman–Crippen MR) is 74.3 cm³/mol. The van der Waals surface area contributed by atoms with E-state index in [1.807, 2.05) is 11.8 Å². The Morgan fingerprint density at radius 2 is 2.40 bits per heavy atom. The number of carbonyl (C=O) groups is 1. The molecule has 6 nitrogen and oxygen atoms in total. The Kier molecular flexibility index (Phi) is 4.92. The van der Waals surface area contributed by atoms with Crippen molar-refractivity contribution in [3.05, 3.63) is 23.5 Å². The van der Waals surface area contributed by atoms with Gasteiger partial charge >= 0.3 is 5.97 Å². The quantitative estimate of drug-likeness (QED) is 0.779. The molecule has 0 aromatic carbocycles. The standard InChI is InChI=1S/C14H21N3O3/c1-3-20-14(19)12-8-15-6-7-17(12)9-11-13(18)5-4-10(2)16-11/h4-5,12,15,18H,3,6-9H2,1-2H3. The van der Waals surface area contributed by atoms with E-state index < -0.39 is 0 Å². The highest BCUT2D eigenvalue weighted by Gasteiger charge is 2.30. The number of nitrogens with zero attached hydrogens (tertiary/aromatic N) is 2. The Bertz CT molecular complexity index is 479. The minimum atomic E-state index is -0.328. The molecule has 0 aliphatic carbocycles. The van der Waals surface area contributed by atoms with Crippen molar-refractivity contribution in [2.24, 2.45) is 0 Å². The van der Waals surface area contributed by atoms with Crippen LogP contribution >= 0.6 is 0 Å². The molecular weight excluding hydrogens is 258 g/mol. The number of hydrogen-bond acceptors (Lipinski definition) is 6. The van der Waals surface area contributed by atoms with Gasteiger partial charge in [0.05, 0.1) is 12.3 Å². The lowest BCUT2D eigenvalue weighted by Gasteiger charge is -2.34. The summed E-state index contributed by atoms with van der Waals surface area (Å²) in [4.78, 5) is 18.3. The maximum absolute atomic E-state index is 12.0. The first-order chi connectivity index (χ1) is 9.61. The van der Waals surface area contributed by atoms with E-state index in [1.165, 1.54) is 0 Å². The highest BCUT2D eigenvalue weighted by Crippen LogP contribution is 2.19. The SMILES string of the molecule is CCOC(=O)C1CNCCN1Cc1nc(C)ccc1O. The molecule has 1 aromatic rings. The largest absolute Gasteiger partial charge is 0.506 e. The lowest BCUT2D eigenvalue weighted by atomic mass is 10.1. The number of aromatic nitrogens is 1. The fourth-order valence-electron chi connectivity index (χ4n) is 2.32. The number of piperazine rings is 1. The molecule has 2 rings (SSSR count). The van der Waals surface area contributed by atoms with Gasteiger partial charge in [0.1, 0.15) is 11.8 Å². The van der Waals surface area contributed by atoms with Crippen molar-refractivity contribution >= 4 is 5.97 Å². The zero-order valence-corrected chi connectivity index (χ0v) is 11.9. The Hall–Kier alpha value is -1.66. The third-order valence-electron chi connectivity index (χ3n) is 3.36. The predicted octanol–water partition coefficient (Wildman–Crippen LogP) is 0.433. The van der Waals surface area contributed by atoms with Crippen molar-refractivity contribution < 1.29 is 14.6 Å². The minimum absolute atomic E-state index is 0.164. The van der Waals surface area contributed by atoms with Gasteiger partial charge < -0.3 is 15.2 Å². The number of esters is 1. The Morgan fingerprint density at radius 1 is 1.60 bits per heavy atom. The molecule has 1 atom stereocenters. The fraction of sp³-hybridized carbons (Fsp3) is 0.571. The summed E-state index contributed by atoms with van der Waals surface area (Å²) in [6, 6.07) is 3.07. The Morgan fingerprint density at radius 3 is 3.15 bits per heavy atom. The topological polar surface area (TPSA) is 74.7 Å². The number of nitrogens with one attached hydrogen (secondary N) is 1. The van der Waals surface area contributed by atoms with Gasteiger partial charge in [-0.05, 0) is 26.0 Å². The first kappa shape index (κ1) is 14.7. The number of ether oxygens (including phenoxy) is 1. The van der Waals surface area contributed by atoms with Crippen LogP contribution in [0.5, 0.6) is 5.75 Å². The van der Waals surface area contributed by atoms with Gasteiger partial charge in [-0.2, -0.15) is 0 Å². The number of aromatic hydroxyl groups is 1. The molecule has 0 bridgehead atoms. The molecule has 1 saturated heterocycles. The molecule has 1 unspecified atom stereocenters. The van der Waals surface area contributed by atoms with Crippen LogP contribution in [0.15, 0.2) is 12.1 Å². The minimum Gasteiger partial charge on any atom is -0.506 e. The Labute approximate surface area is 118 Å². The molecule has 6 heteroatoms. The van der Waals surface area contributed by atoms with Crippen LogP contribution < -0.4 is 5.32 Å². The van der Waals surface area contributed by atoms with Gasteiger partial charge in [0, 0.05) is 31.9 Å². The van der Waals surface area contributed by atoms with E-state index >= 15 is 0 Å². The molecule has 0 spiro atoms. The summed E-state index contributed by atoms with van der Waals surface area (Å²) < 4.78 is 5.10. The molecule has 2 heterocycles. The van der Waals surface area contributed by atoms with Gasteiger partial charge in [0.25, 0.3) is 0 Å². The first-order valence-electron chi connectivity index (χ1n) is 6.88. The maximum atomic E-state index is 12.0. The molecular formula is C14H21N3O3. The van der Waals surface area contributed by atoms with Crippen LogP contribution in [-0.4, -0.2) is 53.2 Å². The van der Waals surface area contributed by atoms with Gasteiger partial charge in [-0.3, -0.25) is 14.7 Å². The van der Waals surface area contributed by atoms with E-state index in [9.17, 15) is 9.90 Å². The van der Waals surface area contributed by atoms with E-state index in [-0.39, 0.29) is 17.8 Å². The normalized spacial score (nSPS) is 19.8. The monoisotopic (exact) mass is 279 g/mol. The summed E-state index contributed by atoms with van der Waals surface area (Å²) in [6.07, 6.45) is 0. The number of carbonyl (C=O) groups excluding carboxylic acids is 1. The van der Waals surface area contributed by atoms with Crippen LogP contribution in [-0.2, 0) is 16.1 Å². The third-order valence-corrected chi connectivity index (χ3v) is 3.36. The van der Waals surface area contributed by atoms with Crippen LogP contribution in [0.1, 0.15) is 18.3 Å². The molecule has 0 saturated carbocycles. The highest BCUT2D eigenvalue weighted by molar-refractivity contribution is 5.76. The van der Waals surface area contributed by atoms with E-state index in [2.05, 4.69) is 10.3 Å². The second-order valence-corrected chi connectivity index (χ2v) is 4.86. The van der Waals surface area contributed by atoms with Crippen molar-refractivity contribution in [2.75, 3.05) is 26.2 Å². The van der Waals surface area contributed by atoms with Gasteiger partial charge in [-0.15, -0.1) is 0 Å². The summed E-state index contributed by atoms with van der Waals surface area (Å²) >= 11 is 0. The molecule has 1 fully saturated rings. The van der Waals surface area contributed by atoms with Crippen molar-refractivity contribution in [1.82, 2.24) is 15.2 Å². The molecule has 1 aromatic heterocycles. The molecule has 0 amide bonds. The van der Waals surface area contributed by atoms with E-state index in [4.69, 9.17) is 4.74 Å². The van der Waals surface area contributed by atoms with E-state index in [0.717, 1.165) is 18.8 Å². The summed E-state index contributed by atoms with van der Waals surface area (Å²) in [7, 11) is 0. The number of aryl methyl sites for hydroxylation is 1. The van der Waals surface area contributed by atoms with Gasteiger partial charge in [0.2, 0.25) is 0 Å². The summed E-state index contributed by atoms with van der Waals surface area (Å²) in [5.41, 5.74) is 1.45. The molecule has 1 aliphatic heterocycles. The average molecular weight is 279 g/mol. The van der Waals surface area contributed by atoms with Crippen LogP contribution in [0.3, 0.4) is 0 Å². The summed E-state index contributed by atoms with van der Waals surface area (Å²) in [5, 5.41) is 13.1. The first-order valence-corrected chi connectivity index (χ1v) is 6.88. The number of pyridine rings is 1. The summed E-state index contributed by atoms with van der Waals surface area (Å²) in [6.45, 7) is 6.58. The number of hydrogen-bond donors (Lipinski definition) is 2. The van der Waals surface area contributed by atoms with Gasteiger partial charge in [-0.1, -0.05) is 0 Å². The second kappa shape index (κ2) is 6.67. The molecule has 2 N–H and O–H groups in total. The van der Waals surface area contributed by atoms with Crippen LogP contribution in [0.25, 0.3) is 0 Å².